The molecule has 0 radical (unpaired) electrons. The van der Waals surface area contributed by atoms with Crippen LogP contribution in [0.15, 0.2) is 76.2 Å². The molecule has 0 N–H and O–H groups in total. The molecule has 0 saturated carbocycles. The fourth-order valence-corrected chi connectivity index (χ4v) is 7.64. The van der Waals surface area contributed by atoms with Gasteiger partial charge >= 0.3 is 10.1 Å². The third-order valence-electron chi connectivity index (χ3n) is 5.89. The first-order chi connectivity index (χ1) is 17.8. The zero-order valence-corrected chi connectivity index (χ0v) is 24.6. The van der Waals surface area contributed by atoms with Gasteiger partial charge in [0.05, 0.1) is 15.5 Å². The minimum atomic E-state index is -4.50. The number of allylic oxidation sites excluding steroid dienone is 2. The molecule has 0 spiro atoms. The van der Waals surface area contributed by atoms with E-state index in [0.29, 0.717) is 5.70 Å². The van der Waals surface area contributed by atoms with Crippen molar-refractivity contribution in [2.45, 2.75) is 61.7 Å². The van der Waals surface area contributed by atoms with Gasteiger partial charge in [-0.25, -0.2) is 0 Å². The molecule has 11 heteroatoms. The van der Waals surface area contributed by atoms with Crippen LogP contribution in [0.4, 0.5) is 5.69 Å². The summed E-state index contributed by atoms with van der Waals surface area (Å²) in [5.74, 6) is -0.720. The SMILES string of the molecule is CC(C)SC1=C(C=Cc2ccccc2)N(OS(=O)(=O)c2ccc([N+](=O)[O-])cc2)C(=O)C(C)(SC(C)C)C1C. The molecule has 0 aliphatic carbocycles. The number of rotatable bonds is 10. The van der Waals surface area contributed by atoms with Crippen LogP contribution < -0.4 is 0 Å². The van der Waals surface area contributed by atoms with Gasteiger partial charge in [-0.2, -0.15) is 13.5 Å². The first-order valence-electron chi connectivity index (χ1n) is 12.1. The molecule has 2 aromatic carbocycles. The highest BCUT2D eigenvalue weighted by molar-refractivity contribution is 8.04. The van der Waals surface area contributed by atoms with Crippen molar-refractivity contribution in [1.29, 1.82) is 0 Å². The van der Waals surface area contributed by atoms with Crippen molar-refractivity contribution in [1.82, 2.24) is 5.06 Å². The second-order valence-electron chi connectivity index (χ2n) is 9.53. The topological polar surface area (TPSA) is 107 Å². The van der Waals surface area contributed by atoms with Gasteiger partial charge in [-0.1, -0.05) is 71.0 Å². The molecule has 1 aliphatic heterocycles. The standard InChI is InChI=1S/C27H32N2O6S3/c1-18(2)36-25-20(5)27(6,37-19(3)4)26(30)28(24(25)17-12-21-10-8-7-9-11-21)35-38(33,34)23-15-13-22(14-16-23)29(31)32/h7-20H,1-6H3. The number of nitro groups is 1. The molecule has 2 unspecified atom stereocenters. The molecule has 204 valence electrons. The Morgan fingerprint density at radius 1 is 1.03 bits per heavy atom. The first kappa shape index (κ1) is 29.9. The van der Waals surface area contributed by atoms with Crippen LogP contribution in [0.25, 0.3) is 6.08 Å². The predicted molar refractivity (Wildman–Crippen MR) is 154 cm³/mol. The van der Waals surface area contributed by atoms with Crippen LogP contribution in [-0.4, -0.2) is 39.6 Å². The summed E-state index contributed by atoms with van der Waals surface area (Å²) in [4.78, 5) is 25.0. The Morgan fingerprint density at radius 3 is 2.16 bits per heavy atom. The van der Waals surface area contributed by atoms with Gasteiger partial charge in [-0.05, 0) is 30.7 Å². The fourth-order valence-electron chi connectivity index (χ4n) is 3.97. The Hall–Kier alpha value is -2.60. The summed E-state index contributed by atoms with van der Waals surface area (Å²) in [7, 11) is -4.50. The van der Waals surface area contributed by atoms with E-state index in [-0.39, 0.29) is 27.0 Å². The molecule has 1 amide bonds. The first-order valence-corrected chi connectivity index (χ1v) is 15.3. The van der Waals surface area contributed by atoms with Crippen molar-refractivity contribution < 1.29 is 22.4 Å². The van der Waals surface area contributed by atoms with Crippen molar-refractivity contribution >= 4 is 51.3 Å². The number of benzene rings is 2. The minimum absolute atomic E-state index is 0.0891. The monoisotopic (exact) mass is 576 g/mol. The summed E-state index contributed by atoms with van der Waals surface area (Å²) in [6, 6.07) is 13.8. The maximum atomic E-state index is 14.0. The maximum absolute atomic E-state index is 14.0. The van der Waals surface area contributed by atoms with Crippen molar-refractivity contribution in [2.24, 2.45) is 5.92 Å². The highest BCUT2D eigenvalue weighted by atomic mass is 32.2. The molecule has 38 heavy (non-hydrogen) atoms. The summed E-state index contributed by atoms with van der Waals surface area (Å²) in [5, 5.41) is 12.2. The third-order valence-corrected chi connectivity index (χ3v) is 9.86. The Bertz CT molecular complexity index is 1340. The van der Waals surface area contributed by atoms with E-state index in [1.807, 2.05) is 78.0 Å². The highest BCUT2D eigenvalue weighted by Gasteiger charge is 2.51. The van der Waals surface area contributed by atoms with Crippen molar-refractivity contribution in [3.63, 3.8) is 0 Å². The molecule has 1 heterocycles. The minimum Gasteiger partial charge on any atom is -0.270 e. The molecule has 0 saturated heterocycles. The lowest BCUT2D eigenvalue weighted by molar-refractivity contribution is -0.384. The third kappa shape index (κ3) is 6.69. The molecule has 2 aromatic rings. The van der Waals surface area contributed by atoms with Gasteiger partial charge in [-0.15, -0.1) is 27.8 Å². The number of thioether (sulfide) groups is 2. The van der Waals surface area contributed by atoms with E-state index < -0.39 is 25.7 Å². The number of amides is 1. The highest BCUT2D eigenvalue weighted by Crippen LogP contribution is 2.50. The Kier molecular flexibility index (Phi) is 9.51. The zero-order chi connectivity index (χ0) is 28.3. The molecular formula is C27H32N2O6S3. The van der Waals surface area contributed by atoms with Crippen molar-refractivity contribution in [2.75, 3.05) is 0 Å². The van der Waals surface area contributed by atoms with Crippen LogP contribution in [-0.2, 0) is 19.2 Å². The molecule has 1 aliphatic rings. The van der Waals surface area contributed by atoms with Crippen LogP contribution in [0, 0.1) is 16.0 Å². The number of nitrogens with zero attached hydrogens (tertiary/aromatic N) is 2. The van der Waals surface area contributed by atoms with Crippen LogP contribution in [0.1, 0.15) is 47.1 Å². The quantitative estimate of drug-likeness (QED) is 0.228. The normalized spacial score (nSPS) is 20.7. The summed E-state index contributed by atoms with van der Waals surface area (Å²) >= 11 is 3.02. The van der Waals surface area contributed by atoms with Gasteiger partial charge in [0.1, 0.15) is 4.75 Å². The summed E-state index contributed by atoms with van der Waals surface area (Å²) < 4.78 is 31.3. The average Bonchev–Trinajstić information content (AvgIpc) is 2.85. The molecule has 0 fully saturated rings. The Balaban J connectivity index is 2.18. The van der Waals surface area contributed by atoms with Gasteiger partial charge in [0.2, 0.25) is 0 Å². The van der Waals surface area contributed by atoms with Gasteiger partial charge in [0, 0.05) is 33.5 Å². The van der Waals surface area contributed by atoms with Crippen LogP contribution in [0.2, 0.25) is 0 Å². The van der Waals surface area contributed by atoms with Gasteiger partial charge in [0.25, 0.3) is 11.6 Å². The number of carbonyl (C=O) groups excluding carboxylic acids is 1. The van der Waals surface area contributed by atoms with E-state index >= 15 is 0 Å². The van der Waals surface area contributed by atoms with E-state index in [1.54, 1.807) is 17.8 Å². The summed E-state index contributed by atoms with van der Waals surface area (Å²) in [5.41, 5.74) is 0.962. The predicted octanol–water partition coefficient (Wildman–Crippen LogP) is 6.66. The molecule has 0 aromatic heterocycles. The lowest BCUT2D eigenvalue weighted by Gasteiger charge is -2.44. The molecule has 2 atom stereocenters. The number of carbonyl (C=O) groups is 1. The van der Waals surface area contributed by atoms with E-state index in [4.69, 9.17) is 4.28 Å². The van der Waals surface area contributed by atoms with Crippen molar-refractivity contribution in [3.8, 4) is 0 Å². The van der Waals surface area contributed by atoms with Gasteiger partial charge in [-0.3, -0.25) is 14.9 Å². The van der Waals surface area contributed by atoms with Crippen LogP contribution >= 0.6 is 23.5 Å². The smallest absolute Gasteiger partial charge is 0.270 e. The van der Waals surface area contributed by atoms with E-state index in [9.17, 15) is 23.3 Å². The second-order valence-corrected chi connectivity index (χ2v) is 14.7. The average molecular weight is 577 g/mol. The Morgan fingerprint density at radius 2 is 1.63 bits per heavy atom. The Labute approximate surface area is 232 Å². The number of non-ortho nitro benzene ring substituents is 1. The summed E-state index contributed by atoms with van der Waals surface area (Å²) in [6.45, 7) is 11.8. The lowest BCUT2D eigenvalue weighted by atomic mass is 9.89. The van der Waals surface area contributed by atoms with Gasteiger partial charge in [0.15, 0.2) is 0 Å². The molecule has 0 bridgehead atoms. The molecule has 3 rings (SSSR count). The van der Waals surface area contributed by atoms with Gasteiger partial charge < -0.3 is 0 Å². The largest absolute Gasteiger partial charge is 0.318 e. The van der Waals surface area contributed by atoms with Crippen molar-refractivity contribution in [3.05, 3.63) is 87.0 Å². The zero-order valence-electron chi connectivity index (χ0n) is 22.2. The number of nitro benzene ring substituents is 1. The molecule has 8 nitrogen and oxygen atoms in total. The fraction of sp³-hybridized carbons (Fsp3) is 0.370. The summed E-state index contributed by atoms with van der Waals surface area (Å²) in [6.07, 6.45) is 3.52. The second kappa shape index (κ2) is 12.1. The number of hydroxylamine groups is 2. The van der Waals surface area contributed by atoms with E-state index in [0.717, 1.165) is 39.8 Å². The van der Waals surface area contributed by atoms with Crippen LogP contribution in [0.3, 0.4) is 0 Å². The maximum Gasteiger partial charge on any atom is 0.318 e. The van der Waals surface area contributed by atoms with E-state index in [1.165, 1.54) is 11.8 Å². The van der Waals surface area contributed by atoms with E-state index in [2.05, 4.69) is 0 Å². The number of hydrogen-bond acceptors (Lipinski definition) is 8. The van der Waals surface area contributed by atoms with Crippen LogP contribution in [0.5, 0.6) is 0 Å². The lowest BCUT2D eigenvalue weighted by Crippen LogP contribution is -2.53. The number of hydrogen-bond donors (Lipinski definition) is 0. The molecular weight excluding hydrogens is 545 g/mol.